The Kier molecular flexibility index (Phi) is 9.67. The van der Waals surface area contributed by atoms with Gasteiger partial charge in [-0.2, -0.15) is 0 Å². The Hall–Kier alpha value is -0.820. The van der Waals surface area contributed by atoms with Gasteiger partial charge < -0.3 is 14.8 Å². The number of nitrogens with zero attached hydrogens (tertiary/aromatic N) is 1. The molecule has 128 valence electrons. The van der Waals surface area contributed by atoms with Gasteiger partial charge in [-0.25, -0.2) is 8.78 Å². The molecule has 4 nitrogen and oxygen atoms in total. The van der Waals surface area contributed by atoms with Crippen LogP contribution in [0.4, 0.5) is 8.78 Å². The van der Waals surface area contributed by atoms with E-state index < -0.39 is 12.5 Å². The molecule has 0 spiro atoms. The van der Waals surface area contributed by atoms with E-state index in [1.165, 1.54) is 14.2 Å². The number of methoxy groups -OCH3 is 2. The van der Waals surface area contributed by atoms with Gasteiger partial charge in [0, 0.05) is 37.8 Å². The Bertz CT molecular complexity index is 447. The Morgan fingerprint density at radius 1 is 1.09 bits per heavy atom. The van der Waals surface area contributed by atoms with E-state index in [2.05, 4.69) is 5.32 Å². The summed E-state index contributed by atoms with van der Waals surface area (Å²) < 4.78 is 37.4. The largest absolute Gasteiger partial charge is 0.497 e. The lowest BCUT2D eigenvalue weighted by molar-refractivity contribution is 0.0170. The summed E-state index contributed by atoms with van der Waals surface area (Å²) in [4.78, 5) is 1.80. The van der Waals surface area contributed by atoms with Crippen LogP contribution in [0.2, 0.25) is 0 Å². The maximum atomic E-state index is 13.5. The Labute approximate surface area is 142 Å². The fraction of sp³-hybridized carbons (Fsp3) is 0.571. The first-order valence-electron chi connectivity index (χ1n) is 6.62. The maximum absolute atomic E-state index is 13.5. The summed E-state index contributed by atoms with van der Waals surface area (Å²) >= 11 is 0. The van der Waals surface area contributed by atoms with Gasteiger partial charge in [-0.3, -0.25) is 4.90 Å². The molecule has 22 heavy (non-hydrogen) atoms. The van der Waals surface area contributed by atoms with E-state index in [1.54, 1.807) is 23.1 Å². The topological polar surface area (TPSA) is 33.7 Å². The zero-order valence-electron chi connectivity index (χ0n) is 12.6. The molecule has 1 heterocycles. The predicted molar refractivity (Wildman–Crippen MR) is 87.2 cm³/mol. The number of hydrogen-bond donors (Lipinski definition) is 1. The van der Waals surface area contributed by atoms with E-state index in [-0.39, 0.29) is 24.8 Å². The van der Waals surface area contributed by atoms with Crippen LogP contribution in [0.1, 0.15) is 11.6 Å². The highest BCUT2D eigenvalue weighted by atomic mass is 35.5. The number of nitrogens with one attached hydrogen (secondary N) is 1. The van der Waals surface area contributed by atoms with Crippen LogP contribution < -0.4 is 14.8 Å². The summed E-state index contributed by atoms with van der Waals surface area (Å²) in [6.45, 7) is 2.65. The zero-order valence-corrected chi connectivity index (χ0v) is 14.2. The van der Waals surface area contributed by atoms with Gasteiger partial charge in [0.2, 0.25) is 0 Å². The summed E-state index contributed by atoms with van der Waals surface area (Å²) in [7, 11) is 3.02. The Morgan fingerprint density at radius 3 is 2.23 bits per heavy atom. The van der Waals surface area contributed by atoms with Crippen molar-refractivity contribution in [3.63, 3.8) is 0 Å². The standard InChI is InChI=1S/C14H20F2N2O2.2ClH/c1-19-10-3-4-11(12(9-10)20-2)13(14(15)16)18-7-5-17-6-8-18;;/h3-4,9,13-14,17H,5-8H2,1-2H3;2*1H/t13-;;/m1../s1. The molecule has 0 saturated carbocycles. The van der Waals surface area contributed by atoms with Crippen LogP contribution in [-0.2, 0) is 0 Å². The molecule has 1 saturated heterocycles. The van der Waals surface area contributed by atoms with Crippen molar-refractivity contribution in [3.05, 3.63) is 23.8 Å². The number of alkyl halides is 2. The smallest absolute Gasteiger partial charge is 0.258 e. The zero-order chi connectivity index (χ0) is 14.5. The minimum Gasteiger partial charge on any atom is -0.497 e. The fourth-order valence-corrected chi connectivity index (χ4v) is 2.51. The van der Waals surface area contributed by atoms with Crippen LogP contribution in [0.15, 0.2) is 18.2 Å². The van der Waals surface area contributed by atoms with Crippen LogP contribution in [0.3, 0.4) is 0 Å². The second-order valence-electron chi connectivity index (χ2n) is 4.67. The molecule has 1 atom stereocenters. The molecule has 1 N–H and O–H groups in total. The third-order valence-corrected chi connectivity index (χ3v) is 3.54. The average molecular weight is 359 g/mol. The second-order valence-corrected chi connectivity index (χ2v) is 4.67. The Balaban J connectivity index is 0.00000220. The van der Waals surface area contributed by atoms with Crippen molar-refractivity contribution >= 4 is 24.8 Å². The van der Waals surface area contributed by atoms with Crippen molar-refractivity contribution < 1.29 is 18.3 Å². The van der Waals surface area contributed by atoms with Gasteiger partial charge in [-0.15, -0.1) is 24.8 Å². The normalized spacial score (nSPS) is 16.4. The monoisotopic (exact) mass is 358 g/mol. The van der Waals surface area contributed by atoms with Crippen molar-refractivity contribution in [3.8, 4) is 11.5 Å². The quantitative estimate of drug-likeness (QED) is 0.877. The number of piperazine rings is 1. The van der Waals surface area contributed by atoms with Crippen LogP contribution in [0.5, 0.6) is 11.5 Å². The first-order valence-corrected chi connectivity index (χ1v) is 6.62. The summed E-state index contributed by atoms with van der Waals surface area (Å²) in [5.41, 5.74) is 0.505. The van der Waals surface area contributed by atoms with Crippen LogP contribution in [-0.4, -0.2) is 51.7 Å². The highest BCUT2D eigenvalue weighted by Crippen LogP contribution is 2.36. The minimum absolute atomic E-state index is 0. The van der Waals surface area contributed by atoms with Gasteiger partial charge in [0.15, 0.2) is 0 Å². The molecule has 0 aliphatic carbocycles. The van der Waals surface area contributed by atoms with E-state index in [0.29, 0.717) is 30.2 Å². The van der Waals surface area contributed by atoms with E-state index in [0.717, 1.165) is 13.1 Å². The summed E-state index contributed by atoms with van der Waals surface area (Å²) in [6, 6.07) is 4.05. The molecule has 1 aromatic carbocycles. The van der Waals surface area contributed by atoms with E-state index in [4.69, 9.17) is 9.47 Å². The average Bonchev–Trinajstić information content (AvgIpc) is 2.48. The number of rotatable bonds is 5. The number of benzene rings is 1. The highest BCUT2D eigenvalue weighted by molar-refractivity contribution is 5.85. The molecule has 8 heteroatoms. The lowest BCUT2D eigenvalue weighted by Gasteiger charge is -2.35. The molecular formula is C14H22Cl2F2N2O2. The molecule has 0 unspecified atom stereocenters. The van der Waals surface area contributed by atoms with Crippen LogP contribution >= 0.6 is 24.8 Å². The number of halogens is 4. The van der Waals surface area contributed by atoms with E-state index in [9.17, 15) is 8.78 Å². The molecule has 1 aromatic rings. The van der Waals surface area contributed by atoms with Crippen molar-refractivity contribution in [1.82, 2.24) is 10.2 Å². The third-order valence-electron chi connectivity index (χ3n) is 3.54. The van der Waals surface area contributed by atoms with Gasteiger partial charge in [0.05, 0.1) is 20.3 Å². The molecule has 1 fully saturated rings. The molecule has 1 aliphatic heterocycles. The molecular weight excluding hydrogens is 337 g/mol. The van der Waals surface area contributed by atoms with Crippen LogP contribution in [0.25, 0.3) is 0 Å². The fourth-order valence-electron chi connectivity index (χ4n) is 2.51. The molecule has 0 aromatic heterocycles. The van der Waals surface area contributed by atoms with Crippen molar-refractivity contribution in [2.75, 3.05) is 40.4 Å². The summed E-state index contributed by atoms with van der Waals surface area (Å²) in [5.74, 6) is 1.03. The molecule has 2 rings (SSSR count). The van der Waals surface area contributed by atoms with Gasteiger partial charge in [0.25, 0.3) is 6.43 Å². The van der Waals surface area contributed by atoms with Crippen molar-refractivity contribution in [2.45, 2.75) is 12.5 Å². The van der Waals surface area contributed by atoms with E-state index >= 15 is 0 Å². The van der Waals surface area contributed by atoms with Crippen LogP contribution in [0, 0.1) is 0 Å². The predicted octanol–water partition coefficient (Wildman–Crippen LogP) is 2.76. The van der Waals surface area contributed by atoms with Crippen molar-refractivity contribution in [2.24, 2.45) is 0 Å². The third kappa shape index (κ3) is 4.84. The molecule has 0 amide bonds. The summed E-state index contributed by atoms with van der Waals surface area (Å²) in [6.07, 6.45) is -2.46. The molecule has 1 aliphatic rings. The molecule has 0 bridgehead atoms. The first kappa shape index (κ1) is 21.2. The van der Waals surface area contributed by atoms with Gasteiger partial charge in [-0.05, 0) is 12.1 Å². The lowest BCUT2D eigenvalue weighted by atomic mass is 10.0. The van der Waals surface area contributed by atoms with Crippen molar-refractivity contribution in [1.29, 1.82) is 0 Å². The SMILES string of the molecule is COc1ccc([C@H](C(F)F)N2CCNCC2)c(OC)c1.Cl.Cl. The lowest BCUT2D eigenvalue weighted by Crippen LogP contribution is -2.47. The summed E-state index contributed by atoms with van der Waals surface area (Å²) in [5, 5.41) is 3.17. The second kappa shape index (κ2) is 10.0. The first-order chi connectivity index (χ1) is 9.67. The maximum Gasteiger partial charge on any atom is 0.258 e. The minimum atomic E-state index is -2.46. The van der Waals surface area contributed by atoms with Gasteiger partial charge in [0.1, 0.15) is 11.5 Å². The highest BCUT2D eigenvalue weighted by Gasteiger charge is 2.32. The van der Waals surface area contributed by atoms with E-state index in [1.807, 2.05) is 0 Å². The Morgan fingerprint density at radius 2 is 1.73 bits per heavy atom. The molecule has 0 radical (unpaired) electrons. The number of hydrogen-bond acceptors (Lipinski definition) is 4. The van der Waals surface area contributed by atoms with Gasteiger partial charge in [-0.1, -0.05) is 0 Å². The van der Waals surface area contributed by atoms with Gasteiger partial charge >= 0.3 is 0 Å². The number of ether oxygens (including phenoxy) is 2.